The highest BCUT2D eigenvalue weighted by molar-refractivity contribution is 5.78. The predicted molar refractivity (Wildman–Crippen MR) is 47.8 cm³/mol. The highest BCUT2D eigenvalue weighted by Gasteiger charge is 2.31. The summed E-state index contributed by atoms with van der Waals surface area (Å²) < 4.78 is 0. The summed E-state index contributed by atoms with van der Waals surface area (Å²) in [6.07, 6.45) is 4.39. The van der Waals surface area contributed by atoms with Crippen molar-refractivity contribution in [2.24, 2.45) is 0 Å². The molecule has 0 amide bonds. The lowest BCUT2D eigenvalue weighted by Gasteiger charge is -2.20. The molecule has 1 saturated heterocycles. The van der Waals surface area contributed by atoms with Gasteiger partial charge in [-0.2, -0.15) is 0 Å². The maximum atomic E-state index is 10.9. The molecule has 1 atom stereocenters. The number of carboxylic acids is 1. The molecule has 1 aromatic heterocycles. The van der Waals surface area contributed by atoms with Crippen molar-refractivity contribution in [2.75, 3.05) is 11.4 Å². The van der Waals surface area contributed by atoms with Gasteiger partial charge in [0.2, 0.25) is 0 Å². The van der Waals surface area contributed by atoms with Gasteiger partial charge in [-0.05, 0) is 12.8 Å². The Morgan fingerprint density at radius 2 is 2.50 bits per heavy atom. The number of hydrogen-bond acceptors (Lipinski definition) is 5. The molecule has 0 aromatic carbocycles. The number of hydrogen-bond donors (Lipinski definition) is 1. The summed E-state index contributed by atoms with van der Waals surface area (Å²) in [5.74, 6) is -0.273. The van der Waals surface area contributed by atoms with Crippen molar-refractivity contribution in [3.8, 4) is 0 Å². The zero-order valence-corrected chi connectivity index (χ0v) is 7.50. The second kappa shape index (κ2) is 3.57. The van der Waals surface area contributed by atoms with Crippen LogP contribution in [0.5, 0.6) is 0 Å². The van der Waals surface area contributed by atoms with Gasteiger partial charge in [0.1, 0.15) is 12.4 Å². The second-order valence-electron chi connectivity index (χ2n) is 3.16. The third-order valence-electron chi connectivity index (χ3n) is 2.30. The van der Waals surface area contributed by atoms with Crippen LogP contribution in [0, 0.1) is 0 Å². The molecule has 1 aliphatic heterocycles. The average Bonchev–Trinajstić information content (AvgIpc) is 2.67. The number of aromatic nitrogens is 3. The molecule has 6 heteroatoms. The van der Waals surface area contributed by atoms with Crippen LogP contribution in [-0.4, -0.2) is 38.8 Å². The zero-order chi connectivity index (χ0) is 9.97. The van der Waals surface area contributed by atoms with Crippen molar-refractivity contribution in [1.29, 1.82) is 0 Å². The lowest BCUT2D eigenvalue weighted by Crippen LogP contribution is -2.36. The molecule has 0 aliphatic carbocycles. The Hall–Kier alpha value is -1.72. The SMILES string of the molecule is O=C(O)C1CCCN1c1cncnn1. The van der Waals surface area contributed by atoms with Crippen LogP contribution in [-0.2, 0) is 4.79 Å². The van der Waals surface area contributed by atoms with Crippen LogP contribution in [0.4, 0.5) is 5.82 Å². The normalized spacial score (nSPS) is 21.1. The third-order valence-corrected chi connectivity index (χ3v) is 2.30. The van der Waals surface area contributed by atoms with E-state index in [-0.39, 0.29) is 0 Å². The van der Waals surface area contributed by atoms with E-state index in [4.69, 9.17) is 5.11 Å². The molecule has 74 valence electrons. The largest absolute Gasteiger partial charge is 0.480 e. The summed E-state index contributed by atoms with van der Waals surface area (Å²) in [5, 5.41) is 16.4. The monoisotopic (exact) mass is 194 g/mol. The van der Waals surface area contributed by atoms with E-state index in [1.165, 1.54) is 12.5 Å². The van der Waals surface area contributed by atoms with Crippen LogP contribution in [0.15, 0.2) is 12.5 Å². The minimum Gasteiger partial charge on any atom is -0.480 e. The van der Waals surface area contributed by atoms with E-state index in [0.717, 1.165) is 6.42 Å². The summed E-state index contributed by atoms with van der Waals surface area (Å²) in [5.41, 5.74) is 0. The lowest BCUT2D eigenvalue weighted by atomic mass is 10.2. The van der Waals surface area contributed by atoms with Gasteiger partial charge in [0.25, 0.3) is 0 Å². The smallest absolute Gasteiger partial charge is 0.326 e. The molecule has 2 heterocycles. The average molecular weight is 194 g/mol. The fourth-order valence-electron chi connectivity index (χ4n) is 1.67. The fourth-order valence-corrected chi connectivity index (χ4v) is 1.67. The van der Waals surface area contributed by atoms with Crippen molar-refractivity contribution in [1.82, 2.24) is 15.2 Å². The van der Waals surface area contributed by atoms with Gasteiger partial charge in [0.05, 0.1) is 6.20 Å². The van der Waals surface area contributed by atoms with Crippen LogP contribution in [0.3, 0.4) is 0 Å². The molecule has 6 nitrogen and oxygen atoms in total. The van der Waals surface area contributed by atoms with Crippen molar-refractivity contribution >= 4 is 11.8 Å². The summed E-state index contributed by atoms with van der Waals surface area (Å²) in [7, 11) is 0. The highest BCUT2D eigenvalue weighted by Crippen LogP contribution is 2.22. The number of nitrogens with zero attached hydrogens (tertiary/aromatic N) is 4. The van der Waals surface area contributed by atoms with Gasteiger partial charge >= 0.3 is 5.97 Å². The predicted octanol–water partition coefficient (Wildman–Crippen LogP) is -0.0750. The van der Waals surface area contributed by atoms with Crippen molar-refractivity contribution in [3.05, 3.63) is 12.5 Å². The standard InChI is InChI=1S/C8H10N4O2/c13-8(14)6-2-1-3-12(6)7-4-9-5-10-11-7/h4-6H,1-3H2,(H,13,14). The minimum atomic E-state index is -0.812. The van der Waals surface area contributed by atoms with Gasteiger partial charge in [0.15, 0.2) is 5.82 Å². The first-order chi connectivity index (χ1) is 6.79. The van der Waals surface area contributed by atoms with E-state index in [1.807, 2.05) is 0 Å². The Morgan fingerprint density at radius 3 is 3.14 bits per heavy atom. The summed E-state index contributed by atoms with van der Waals surface area (Å²) in [6.45, 7) is 0.706. The van der Waals surface area contributed by atoms with Gasteiger partial charge in [-0.25, -0.2) is 9.78 Å². The first kappa shape index (κ1) is 8.86. The fraction of sp³-hybridized carbons (Fsp3) is 0.500. The van der Waals surface area contributed by atoms with E-state index < -0.39 is 12.0 Å². The van der Waals surface area contributed by atoms with Crippen LogP contribution >= 0.6 is 0 Å². The molecule has 0 bridgehead atoms. The lowest BCUT2D eigenvalue weighted by molar-refractivity contribution is -0.138. The van der Waals surface area contributed by atoms with Gasteiger partial charge in [-0.3, -0.25) is 0 Å². The van der Waals surface area contributed by atoms with Crippen LogP contribution in [0.25, 0.3) is 0 Å². The second-order valence-corrected chi connectivity index (χ2v) is 3.16. The molecule has 0 spiro atoms. The molecule has 1 aliphatic rings. The number of anilines is 1. The maximum Gasteiger partial charge on any atom is 0.326 e. The van der Waals surface area contributed by atoms with Crippen LogP contribution in [0.2, 0.25) is 0 Å². The van der Waals surface area contributed by atoms with Crippen molar-refractivity contribution in [3.63, 3.8) is 0 Å². The summed E-state index contributed by atoms with van der Waals surface area (Å²) in [4.78, 5) is 16.4. The Labute approximate surface area is 80.6 Å². The molecular formula is C8H10N4O2. The van der Waals surface area contributed by atoms with E-state index in [0.29, 0.717) is 18.8 Å². The Bertz CT molecular complexity index is 329. The van der Waals surface area contributed by atoms with Crippen molar-refractivity contribution < 1.29 is 9.90 Å². The topological polar surface area (TPSA) is 79.2 Å². The van der Waals surface area contributed by atoms with Crippen LogP contribution in [0.1, 0.15) is 12.8 Å². The molecule has 2 rings (SSSR count). The number of carbonyl (C=O) groups is 1. The molecule has 1 aromatic rings. The quantitative estimate of drug-likeness (QED) is 0.709. The molecule has 0 saturated carbocycles. The van der Waals surface area contributed by atoms with Gasteiger partial charge in [-0.1, -0.05) is 0 Å². The maximum absolute atomic E-state index is 10.9. The van der Waals surface area contributed by atoms with Gasteiger partial charge < -0.3 is 10.0 Å². The molecule has 1 N–H and O–H groups in total. The molecule has 0 radical (unpaired) electrons. The van der Waals surface area contributed by atoms with Crippen LogP contribution < -0.4 is 4.90 Å². The van der Waals surface area contributed by atoms with Gasteiger partial charge in [-0.15, -0.1) is 10.2 Å². The summed E-state index contributed by atoms with van der Waals surface area (Å²) >= 11 is 0. The number of rotatable bonds is 2. The van der Waals surface area contributed by atoms with E-state index in [9.17, 15) is 4.79 Å². The van der Waals surface area contributed by atoms with E-state index in [2.05, 4.69) is 15.2 Å². The molecule has 1 unspecified atom stereocenters. The molecule has 14 heavy (non-hydrogen) atoms. The number of carboxylic acid groups (broad SMARTS) is 1. The highest BCUT2D eigenvalue weighted by atomic mass is 16.4. The number of aliphatic carboxylic acids is 1. The Balaban J connectivity index is 2.22. The molecule has 1 fully saturated rings. The van der Waals surface area contributed by atoms with Gasteiger partial charge in [0, 0.05) is 6.54 Å². The molecular weight excluding hydrogens is 184 g/mol. The third kappa shape index (κ3) is 1.50. The van der Waals surface area contributed by atoms with E-state index >= 15 is 0 Å². The van der Waals surface area contributed by atoms with Crippen molar-refractivity contribution in [2.45, 2.75) is 18.9 Å². The van der Waals surface area contributed by atoms with E-state index in [1.54, 1.807) is 4.90 Å². The Morgan fingerprint density at radius 1 is 1.64 bits per heavy atom. The minimum absolute atomic E-state index is 0.478. The first-order valence-corrected chi connectivity index (χ1v) is 4.41. The zero-order valence-electron chi connectivity index (χ0n) is 7.50. The first-order valence-electron chi connectivity index (χ1n) is 4.41. The Kier molecular flexibility index (Phi) is 2.26. The summed E-state index contributed by atoms with van der Waals surface area (Å²) in [6, 6.07) is -0.478.